The van der Waals surface area contributed by atoms with Crippen LogP contribution in [0, 0.1) is 13.8 Å². The average molecular weight is 411 g/mol. The summed E-state index contributed by atoms with van der Waals surface area (Å²) in [7, 11) is 0. The Morgan fingerprint density at radius 1 is 1.07 bits per heavy atom. The first kappa shape index (κ1) is 21.7. The molecule has 0 aliphatic carbocycles. The molecule has 0 heterocycles. The second-order valence-electron chi connectivity index (χ2n) is 6.19. The lowest BCUT2D eigenvalue weighted by molar-refractivity contribution is -0.0689. The Morgan fingerprint density at radius 3 is 2.29 bits per heavy atom. The van der Waals surface area contributed by atoms with E-state index in [1.807, 2.05) is 0 Å². The highest BCUT2D eigenvalue weighted by Gasteiger charge is 2.35. The Bertz CT molecular complexity index is 926. The van der Waals surface area contributed by atoms with Gasteiger partial charge in [0, 0.05) is 10.6 Å². The maximum absolute atomic E-state index is 13.6. The number of allylic oxidation sites excluding steroid dienone is 2. The smallest absolute Gasteiger partial charge is 0.417 e. The highest BCUT2D eigenvalue weighted by atomic mass is 35.5. The number of carbonyl (C=O) groups is 2. The molecule has 0 aliphatic rings. The first-order chi connectivity index (χ1) is 13.0. The first-order valence-electron chi connectivity index (χ1n) is 8.41. The van der Waals surface area contributed by atoms with Gasteiger partial charge in [-0.3, -0.25) is 4.79 Å². The molecule has 0 atom stereocenters. The molecule has 3 nitrogen and oxygen atoms in total. The maximum Gasteiger partial charge on any atom is 0.417 e. The van der Waals surface area contributed by atoms with Gasteiger partial charge in [0.2, 0.25) is 0 Å². The lowest BCUT2D eigenvalue weighted by Crippen LogP contribution is -2.13. The zero-order valence-electron chi connectivity index (χ0n) is 15.5. The van der Waals surface area contributed by atoms with E-state index in [1.54, 1.807) is 20.8 Å². The Labute approximate surface area is 165 Å². The van der Waals surface area contributed by atoms with Crippen molar-refractivity contribution in [3.05, 3.63) is 75.3 Å². The van der Waals surface area contributed by atoms with Gasteiger partial charge in [0.25, 0.3) is 0 Å². The Kier molecular flexibility index (Phi) is 6.67. The molecule has 0 bridgehead atoms. The van der Waals surface area contributed by atoms with Crippen molar-refractivity contribution in [2.45, 2.75) is 26.9 Å². The molecule has 2 rings (SSSR count). The van der Waals surface area contributed by atoms with Crippen molar-refractivity contribution < 1.29 is 27.5 Å². The minimum Gasteiger partial charge on any atom is -0.462 e. The molecular weight excluding hydrogens is 393 g/mol. The molecular formula is C21H18ClF3O3. The minimum absolute atomic E-state index is 0.0334. The Balaban J connectivity index is 2.46. The molecule has 0 N–H and O–H groups in total. The van der Waals surface area contributed by atoms with E-state index >= 15 is 0 Å². The quantitative estimate of drug-likeness (QED) is 0.347. The number of esters is 1. The molecule has 148 valence electrons. The van der Waals surface area contributed by atoms with Gasteiger partial charge in [-0.15, -0.1) is 0 Å². The van der Waals surface area contributed by atoms with Crippen LogP contribution in [0.25, 0.3) is 5.57 Å². The highest BCUT2D eigenvalue weighted by molar-refractivity contribution is 6.30. The van der Waals surface area contributed by atoms with Crippen LogP contribution in [0.15, 0.2) is 42.5 Å². The largest absolute Gasteiger partial charge is 0.462 e. The monoisotopic (exact) mass is 410 g/mol. The van der Waals surface area contributed by atoms with Crippen LogP contribution in [0.2, 0.25) is 5.02 Å². The molecule has 0 unspecified atom stereocenters. The first-order valence-corrected chi connectivity index (χ1v) is 8.79. The number of alkyl halides is 3. The van der Waals surface area contributed by atoms with E-state index < -0.39 is 23.5 Å². The van der Waals surface area contributed by atoms with E-state index in [-0.39, 0.29) is 28.3 Å². The van der Waals surface area contributed by atoms with Crippen LogP contribution < -0.4 is 0 Å². The van der Waals surface area contributed by atoms with Gasteiger partial charge in [-0.05, 0) is 67.8 Å². The van der Waals surface area contributed by atoms with Gasteiger partial charge in [0.05, 0.1) is 17.7 Å². The zero-order chi connectivity index (χ0) is 21.1. The number of aryl methyl sites for hydroxylation is 2. The fourth-order valence-electron chi connectivity index (χ4n) is 2.69. The fourth-order valence-corrected chi connectivity index (χ4v) is 2.98. The molecule has 2 aromatic rings. The van der Waals surface area contributed by atoms with E-state index in [4.69, 9.17) is 16.3 Å². The predicted octanol–water partition coefficient (Wildman–Crippen LogP) is 5.96. The summed E-state index contributed by atoms with van der Waals surface area (Å²) >= 11 is 5.87. The summed E-state index contributed by atoms with van der Waals surface area (Å²) in [6.45, 7) is 5.04. The number of hydrogen-bond acceptors (Lipinski definition) is 3. The van der Waals surface area contributed by atoms with Crippen molar-refractivity contribution in [2.24, 2.45) is 0 Å². The molecule has 0 aromatic heterocycles. The number of halogens is 4. The van der Waals surface area contributed by atoms with Gasteiger partial charge >= 0.3 is 12.1 Å². The van der Waals surface area contributed by atoms with E-state index in [9.17, 15) is 22.8 Å². The molecule has 0 saturated heterocycles. The molecule has 0 saturated carbocycles. The number of carbonyl (C=O) groups excluding carboxylic acids is 2. The van der Waals surface area contributed by atoms with Crippen LogP contribution in [0.5, 0.6) is 0 Å². The average Bonchev–Trinajstić information content (AvgIpc) is 2.57. The Morgan fingerprint density at radius 2 is 1.75 bits per heavy atom. The van der Waals surface area contributed by atoms with E-state index in [2.05, 4.69) is 0 Å². The molecule has 0 spiro atoms. The lowest BCUT2D eigenvalue weighted by atomic mass is 9.98. The van der Waals surface area contributed by atoms with Crippen molar-refractivity contribution in [3.63, 3.8) is 0 Å². The number of rotatable bonds is 5. The number of benzene rings is 2. The maximum atomic E-state index is 13.6. The molecule has 0 amide bonds. The van der Waals surface area contributed by atoms with Crippen molar-refractivity contribution >= 4 is 28.9 Å². The van der Waals surface area contributed by atoms with Crippen LogP contribution in [-0.2, 0) is 4.74 Å². The van der Waals surface area contributed by atoms with Gasteiger partial charge < -0.3 is 4.74 Å². The second-order valence-corrected chi connectivity index (χ2v) is 6.62. The summed E-state index contributed by atoms with van der Waals surface area (Å²) in [5.74, 6) is -1.39. The summed E-state index contributed by atoms with van der Waals surface area (Å²) in [5.41, 5.74) is -0.0135. The minimum atomic E-state index is -4.74. The number of ketones is 1. The van der Waals surface area contributed by atoms with Crippen LogP contribution in [0.4, 0.5) is 13.2 Å². The van der Waals surface area contributed by atoms with Crippen LogP contribution in [0.3, 0.4) is 0 Å². The molecule has 28 heavy (non-hydrogen) atoms. The van der Waals surface area contributed by atoms with Crippen LogP contribution >= 0.6 is 11.6 Å². The molecule has 0 radical (unpaired) electrons. The highest BCUT2D eigenvalue weighted by Crippen LogP contribution is 2.35. The summed E-state index contributed by atoms with van der Waals surface area (Å²) in [6.07, 6.45) is -4.20. The number of hydrogen-bond donors (Lipinski definition) is 0. The number of ether oxygens (including phenoxy) is 1. The summed E-state index contributed by atoms with van der Waals surface area (Å²) in [4.78, 5) is 24.3. The third-order valence-electron chi connectivity index (χ3n) is 3.94. The third kappa shape index (κ3) is 5.23. The normalized spacial score (nSPS) is 12.0. The molecule has 2 aromatic carbocycles. The van der Waals surface area contributed by atoms with E-state index in [0.717, 1.165) is 6.07 Å². The van der Waals surface area contributed by atoms with Crippen LogP contribution in [0.1, 0.15) is 44.3 Å². The standard InChI is InChI=1S/C21H18ClF3O3/c1-4-28-20(27)17-6-5-14(9-13(17)3)19(26)11-18(21(23,24)25)15-7-12(2)8-16(22)10-15/h5-11H,4H2,1-3H3/b18-11+. The van der Waals surface area contributed by atoms with Crippen molar-refractivity contribution in [1.29, 1.82) is 0 Å². The Hall–Kier alpha value is -2.60. The zero-order valence-corrected chi connectivity index (χ0v) is 16.2. The van der Waals surface area contributed by atoms with Crippen LogP contribution in [-0.4, -0.2) is 24.5 Å². The van der Waals surface area contributed by atoms with Gasteiger partial charge in [-0.1, -0.05) is 23.7 Å². The third-order valence-corrected chi connectivity index (χ3v) is 4.16. The SMILES string of the molecule is CCOC(=O)c1ccc(C(=O)/C=C(\c2cc(C)cc(Cl)c2)C(F)(F)F)cc1C. The topological polar surface area (TPSA) is 43.4 Å². The van der Waals surface area contributed by atoms with E-state index in [1.165, 1.54) is 30.3 Å². The molecule has 7 heteroatoms. The molecule has 0 aliphatic heterocycles. The van der Waals surface area contributed by atoms with Crippen molar-refractivity contribution in [2.75, 3.05) is 6.61 Å². The summed E-state index contributed by atoms with van der Waals surface area (Å²) in [6, 6.07) is 8.03. The molecule has 0 fully saturated rings. The fraction of sp³-hybridized carbons (Fsp3) is 0.238. The van der Waals surface area contributed by atoms with Gasteiger partial charge in [0.15, 0.2) is 5.78 Å². The van der Waals surface area contributed by atoms with Gasteiger partial charge in [0.1, 0.15) is 0 Å². The van der Waals surface area contributed by atoms with E-state index in [0.29, 0.717) is 17.2 Å². The summed E-state index contributed by atoms with van der Waals surface area (Å²) < 4.78 is 45.6. The lowest BCUT2D eigenvalue weighted by Gasteiger charge is -2.13. The van der Waals surface area contributed by atoms with Crippen molar-refractivity contribution in [3.8, 4) is 0 Å². The van der Waals surface area contributed by atoms with Crippen molar-refractivity contribution in [1.82, 2.24) is 0 Å². The van der Waals surface area contributed by atoms with Gasteiger partial charge in [-0.25, -0.2) is 4.79 Å². The summed E-state index contributed by atoms with van der Waals surface area (Å²) in [5, 5.41) is 0.146. The van der Waals surface area contributed by atoms with Gasteiger partial charge in [-0.2, -0.15) is 13.2 Å². The second kappa shape index (κ2) is 8.61. The predicted molar refractivity (Wildman–Crippen MR) is 102 cm³/mol.